The summed E-state index contributed by atoms with van der Waals surface area (Å²) in [5, 5.41) is 2.64. The van der Waals surface area contributed by atoms with E-state index in [2.05, 4.69) is 15.0 Å². The number of amides is 1. The molecule has 138 valence electrons. The number of aromatic nitrogens is 2. The van der Waals surface area contributed by atoms with Gasteiger partial charge in [-0.25, -0.2) is 14.6 Å². The molecule has 0 aliphatic rings. The SMILES string of the molecule is COC(=O)c1ccc(C(=O)OC)c(NC(=O)Cc2cn3ccccc3n2)c1. The molecule has 27 heavy (non-hydrogen) atoms. The first-order chi connectivity index (χ1) is 13.0. The molecule has 0 unspecified atom stereocenters. The normalized spacial score (nSPS) is 10.4. The van der Waals surface area contributed by atoms with Crippen molar-refractivity contribution >= 4 is 29.2 Å². The third-order valence-electron chi connectivity index (χ3n) is 3.88. The lowest BCUT2D eigenvalue weighted by atomic mass is 10.1. The summed E-state index contributed by atoms with van der Waals surface area (Å²) in [4.78, 5) is 40.5. The number of esters is 2. The highest BCUT2D eigenvalue weighted by Crippen LogP contribution is 2.20. The van der Waals surface area contributed by atoms with Crippen molar-refractivity contribution in [2.24, 2.45) is 0 Å². The Bertz CT molecular complexity index is 992. The predicted molar refractivity (Wildman–Crippen MR) is 96.6 cm³/mol. The Labute approximate surface area is 154 Å². The van der Waals surface area contributed by atoms with Crippen LogP contribution in [0.4, 0.5) is 5.69 Å². The lowest BCUT2D eigenvalue weighted by Gasteiger charge is -2.11. The number of anilines is 1. The van der Waals surface area contributed by atoms with Crippen LogP contribution in [0.25, 0.3) is 5.65 Å². The molecule has 0 aliphatic heterocycles. The van der Waals surface area contributed by atoms with Gasteiger partial charge >= 0.3 is 11.9 Å². The van der Waals surface area contributed by atoms with Crippen LogP contribution in [0.2, 0.25) is 0 Å². The van der Waals surface area contributed by atoms with Gasteiger partial charge in [-0.05, 0) is 30.3 Å². The molecule has 0 saturated heterocycles. The zero-order chi connectivity index (χ0) is 19.4. The second-order valence-electron chi connectivity index (χ2n) is 5.67. The number of rotatable bonds is 5. The lowest BCUT2D eigenvalue weighted by molar-refractivity contribution is -0.115. The topological polar surface area (TPSA) is 99.0 Å². The van der Waals surface area contributed by atoms with Gasteiger partial charge in [-0.2, -0.15) is 0 Å². The van der Waals surface area contributed by atoms with Crippen LogP contribution in [0.5, 0.6) is 0 Å². The van der Waals surface area contributed by atoms with Gasteiger partial charge in [0.15, 0.2) is 0 Å². The Kier molecular flexibility index (Phi) is 5.16. The minimum Gasteiger partial charge on any atom is -0.465 e. The van der Waals surface area contributed by atoms with E-state index in [0.29, 0.717) is 5.69 Å². The number of ether oxygens (including phenoxy) is 2. The lowest BCUT2D eigenvalue weighted by Crippen LogP contribution is -2.18. The molecular weight excluding hydrogens is 350 g/mol. The maximum Gasteiger partial charge on any atom is 0.339 e. The molecule has 2 aromatic heterocycles. The zero-order valence-corrected chi connectivity index (χ0v) is 14.8. The van der Waals surface area contributed by atoms with Gasteiger partial charge in [0, 0.05) is 12.4 Å². The fraction of sp³-hybridized carbons (Fsp3) is 0.158. The van der Waals surface area contributed by atoms with Crippen molar-refractivity contribution in [2.45, 2.75) is 6.42 Å². The quantitative estimate of drug-likeness (QED) is 0.693. The van der Waals surface area contributed by atoms with E-state index < -0.39 is 11.9 Å². The summed E-state index contributed by atoms with van der Waals surface area (Å²) in [5.74, 6) is -1.60. The number of nitrogens with one attached hydrogen (secondary N) is 1. The molecule has 0 radical (unpaired) electrons. The molecule has 8 heteroatoms. The number of fused-ring (bicyclic) bond motifs is 1. The van der Waals surface area contributed by atoms with Crippen LogP contribution >= 0.6 is 0 Å². The molecule has 0 atom stereocenters. The summed E-state index contributed by atoms with van der Waals surface area (Å²) in [5.41, 5.74) is 1.80. The number of carbonyl (C=O) groups excluding carboxylic acids is 3. The molecule has 3 aromatic rings. The molecular formula is C19H17N3O5. The molecule has 0 aliphatic carbocycles. The molecule has 2 heterocycles. The van der Waals surface area contributed by atoms with E-state index in [4.69, 9.17) is 4.74 Å². The van der Waals surface area contributed by atoms with Crippen molar-refractivity contribution in [1.82, 2.24) is 9.38 Å². The van der Waals surface area contributed by atoms with Crippen LogP contribution in [0, 0.1) is 0 Å². The highest BCUT2D eigenvalue weighted by Gasteiger charge is 2.18. The van der Waals surface area contributed by atoms with Crippen LogP contribution in [-0.2, 0) is 20.7 Å². The maximum absolute atomic E-state index is 12.4. The number of hydrogen-bond acceptors (Lipinski definition) is 6. The molecule has 0 spiro atoms. The molecule has 0 saturated carbocycles. The minimum absolute atomic E-state index is 0.00471. The third kappa shape index (κ3) is 3.95. The molecule has 1 amide bonds. The van der Waals surface area contributed by atoms with Crippen molar-refractivity contribution < 1.29 is 23.9 Å². The number of pyridine rings is 1. The Morgan fingerprint density at radius 1 is 1.07 bits per heavy atom. The highest BCUT2D eigenvalue weighted by molar-refractivity contribution is 6.03. The Morgan fingerprint density at radius 3 is 2.56 bits per heavy atom. The first-order valence-corrected chi connectivity index (χ1v) is 8.05. The van der Waals surface area contributed by atoms with Gasteiger partial charge in [-0.3, -0.25) is 4.79 Å². The first-order valence-electron chi connectivity index (χ1n) is 8.05. The van der Waals surface area contributed by atoms with Gasteiger partial charge in [0.1, 0.15) is 5.65 Å². The van der Waals surface area contributed by atoms with Crippen LogP contribution in [0.15, 0.2) is 48.8 Å². The molecule has 1 N–H and O–H groups in total. The van der Waals surface area contributed by atoms with E-state index in [-0.39, 0.29) is 29.1 Å². The van der Waals surface area contributed by atoms with E-state index in [1.165, 1.54) is 32.4 Å². The van der Waals surface area contributed by atoms with Gasteiger partial charge < -0.3 is 19.2 Å². The van der Waals surface area contributed by atoms with Crippen LogP contribution in [0.1, 0.15) is 26.4 Å². The van der Waals surface area contributed by atoms with E-state index >= 15 is 0 Å². The molecule has 0 bridgehead atoms. The van der Waals surface area contributed by atoms with E-state index in [9.17, 15) is 14.4 Å². The minimum atomic E-state index is -0.630. The average Bonchev–Trinajstić information content (AvgIpc) is 3.08. The molecule has 3 rings (SSSR count). The summed E-state index contributed by atoms with van der Waals surface area (Å²) in [6, 6.07) is 9.75. The van der Waals surface area contributed by atoms with Gasteiger partial charge in [0.05, 0.1) is 43.1 Å². The Balaban J connectivity index is 1.84. The maximum atomic E-state index is 12.4. The summed E-state index contributed by atoms with van der Waals surface area (Å²) < 4.78 is 11.2. The largest absolute Gasteiger partial charge is 0.465 e. The summed E-state index contributed by atoms with van der Waals surface area (Å²) >= 11 is 0. The number of nitrogens with zero attached hydrogens (tertiary/aromatic N) is 2. The molecule has 1 aromatic carbocycles. The summed E-state index contributed by atoms with van der Waals surface area (Å²) in [6.45, 7) is 0. The molecule has 8 nitrogen and oxygen atoms in total. The average molecular weight is 367 g/mol. The number of imidazole rings is 1. The summed E-state index contributed by atoms with van der Waals surface area (Å²) in [6.07, 6.45) is 3.59. The van der Waals surface area contributed by atoms with Crippen molar-refractivity contribution in [3.05, 3.63) is 65.6 Å². The van der Waals surface area contributed by atoms with Crippen molar-refractivity contribution in [1.29, 1.82) is 0 Å². The fourth-order valence-electron chi connectivity index (χ4n) is 2.61. The number of carbonyl (C=O) groups is 3. The Hall–Kier alpha value is -3.68. The number of methoxy groups -OCH3 is 2. The highest BCUT2D eigenvalue weighted by atomic mass is 16.5. The zero-order valence-electron chi connectivity index (χ0n) is 14.8. The van der Waals surface area contributed by atoms with Crippen molar-refractivity contribution in [2.75, 3.05) is 19.5 Å². The van der Waals surface area contributed by atoms with E-state index in [1.54, 1.807) is 10.6 Å². The van der Waals surface area contributed by atoms with Gasteiger partial charge in [-0.1, -0.05) is 6.07 Å². The van der Waals surface area contributed by atoms with Crippen LogP contribution < -0.4 is 5.32 Å². The van der Waals surface area contributed by atoms with Gasteiger partial charge in [0.25, 0.3) is 0 Å². The fourth-order valence-corrected chi connectivity index (χ4v) is 2.61. The monoisotopic (exact) mass is 367 g/mol. The van der Waals surface area contributed by atoms with Crippen molar-refractivity contribution in [3.8, 4) is 0 Å². The third-order valence-corrected chi connectivity index (χ3v) is 3.88. The summed E-state index contributed by atoms with van der Waals surface area (Å²) in [7, 11) is 2.48. The van der Waals surface area contributed by atoms with Gasteiger partial charge in [0.2, 0.25) is 5.91 Å². The van der Waals surface area contributed by atoms with E-state index in [0.717, 1.165) is 5.65 Å². The standard InChI is InChI=1S/C19H17N3O5/c1-26-18(24)12-6-7-14(19(25)27-2)15(9-12)21-17(23)10-13-11-22-8-4-3-5-16(22)20-13/h3-9,11H,10H2,1-2H3,(H,21,23). The van der Waals surface area contributed by atoms with Crippen LogP contribution in [-0.4, -0.2) is 41.5 Å². The number of hydrogen-bond donors (Lipinski definition) is 1. The van der Waals surface area contributed by atoms with Crippen LogP contribution in [0.3, 0.4) is 0 Å². The number of benzene rings is 1. The second kappa shape index (κ2) is 7.69. The second-order valence-corrected chi connectivity index (χ2v) is 5.67. The predicted octanol–water partition coefficient (Wildman–Crippen LogP) is 2.09. The Morgan fingerprint density at radius 2 is 1.85 bits per heavy atom. The smallest absolute Gasteiger partial charge is 0.339 e. The van der Waals surface area contributed by atoms with E-state index in [1.807, 2.05) is 24.4 Å². The first kappa shape index (κ1) is 18.1. The van der Waals surface area contributed by atoms with Gasteiger partial charge in [-0.15, -0.1) is 0 Å². The molecule has 0 fully saturated rings. The van der Waals surface area contributed by atoms with Crippen molar-refractivity contribution in [3.63, 3.8) is 0 Å².